The Balaban J connectivity index is 2.07. The first kappa shape index (κ1) is 15.3. The minimum Gasteiger partial charge on any atom is -0.496 e. The summed E-state index contributed by atoms with van der Waals surface area (Å²) in [4.78, 5) is 0. The third-order valence-electron chi connectivity index (χ3n) is 3.10. The Kier molecular flexibility index (Phi) is 5.11. The van der Waals surface area contributed by atoms with Gasteiger partial charge in [0.25, 0.3) is 0 Å². The predicted molar refractivity (Wildman–Crippen MR) is 74.7 cm³/mol. The minimum absolute atomic E-state index is 0.0678. The number of halogens is 2. The predicted octanol–water partition coefficient (Wildman–Crippen LogP) is 3.57. The molecule has 112 valence electrons. The molecule has 0 radical (unpaired) electrons. The highest BCUT2D eigenvalue weighted by molar-refractivity contribution is 5.35. The molecule has 5 heteroatoms. The van der Waals surface area contributed by atoms with Gasteiger partial charge in [0.15, 0.2) is 0 Å². The van der Waals surface area contributed by atoms with Gasteiger partial charge in [0.05, 0.1) is 13.2 Å². The van der Waals surface area contributed by atoms with Crippen molar-refractivity contribution in [3.8, 4) is 11.5 Å². The molecule has 1 unspecified atom stereocenters. The third kappa shape index (κ3) is 4.16. The molecule has 2 aromatic carbocycles. The van der Waals surface area contributed by atoms with E-state index in [0.29, 0.717) is 17.7 Å². The summed E-state index contributed by atoms with van der Waals surface area (Å²) in [6.45, 7) is -2.85. The number of para-hydroxylation sites is 1. The van der Waals surface area contributed by atoms with Gasteiger partial charge in [0.1, 0.15) is 11.5 Å². The van der Waals surface area contributed by atoms with Gasteiger partial charge in [-0.3, -0.25) is 0 Å². The van der Waals surface area contributed by atoms with E-state index in [-0.39, 0.29) is 5.75 Å². The summed E-state index contributed by atoms with van der Waals surface area (Å²) in [6.07, 6.45) is -0.374. The molecule has 0 aliphatic carbocycles. The van der Waals surface area contributed by atoms with E-state index in [1.165, 1.54) is 12.1 Å². The molecule has 0 aliphatic rings. The quantitative estimate of drug-likeness (QED) is 0.885. The zero-order chi connectivity index (χ0) is 15.2. The van der Waals surface area contributed by atoms with Crippen LogP contribution >= 0.6 is 0 Å². The van der Waals surface area contributed by atoms with Gasteiger partial charge in [-0.15, -0.1) is 0 Å². The molecule has 2 aromatic rings. The number of rotatable bonds is 6. The fourth-order valence-corrected chi connectivity index (χ4v) is 2.07. The van der Waals surface area contributed by atoms with E-state index in [4.69, 9.17) is 4.74 Å². The Morgan fingerprint density at radius 2 is 1.71 bits per heavy atom. The normalized spacial score (nSPS) is 12.2. The summed E-state index contributed by atoms with van der Waals surface area (Å²) in [6, 6.07) is 13.4. The standard InChI is InChI=1S/C16H16F2O3/c1-20-15-5-3-2-4-12(15)10-14(19)11-6-8-13(9-7-11)21-16(17)18/h2-9,14,16,19H,10H2,1H3. The van der Waals surface area contributed by atoms with E-state index in [2.05, 4.69) is 4.74 Å². The molecule has 0 saturated heterocycles. The Morgan fingerprint density at radius 3 is 2.33 bits per heavy atom. The number of benzene rings is 2. The Hall–Kier alpha value is -2.14. The van der Waals surface area contributed by atoms with E-state index >= 15 is 0 Å². The Bertz CT molecular complexity index is 570. The van der Waals surface area contributed by atoms with Crippen molar-refractivity contribution in [3.63, 3.8) is 0 Å². The first-order valence-electron chi connectivity index (χ1n) is 6.45. The summed E-state index contributed by atoms with van der Waals surface area (Å²) in [5.74, 6) is 0.771. The first-order valence-corrected chi connectivity index (χ1v) is 6.45. The van der Waals surface area contributed by atoms with Gasteiger partial charge in [0, 0.05) is 6.42 Å². The summed E-state index contributed by atoms with van der Waals surface area (Å²) in [5, 5.41) is 10.2. The van der Waals surface area contributed by atoms with E-state index in [9.17, 15) is 13.9 Å². The van der Waals surface area contributed by atoms with Crippen molar-refractivity contribution in [1.82, 2.24) is 0 Å². The zero-order valence-corrected chi connectivity index (χ0v) is 11.5. The molecule has 0 saturated carbocycles. The Labute approximate surface area is 121 Å². The van der Waals surface area contributed by atoms with Gasteiger partial charge in [-0.05, 0) is 29.3 Å². The fourth-order valence-electron chi connectivity index (χ4n) is 2.07. The maximum absolute atomic E-state index is 12.1. The van der Waals surface area contributed by atoms with Gasteiger partial charge in [-0.25, -0.2) is 0 Å². The molecular weight excluding hydrogens is 278 g/mol. The van der Waals surface area contributed by atoms with Crippen molar-refractivity contribution in [3.05, 3.63) is 59.7 Å². The van der Waals surface area contributed by atoms with Crippen LogP contribution in [0.5, 0.6) is 11.5 Å². The second-order valence-electron chi connectivity index (χ2n) is 4.48. The van der Waals surface area contributed by atoms with E-state index in [0.717, 1.165) is 5.56 Å². The molecule has 0 bridgehead atoms. The van der Waals surface area contributed by atoms with Crippen LogP contribution in [0.25, 0.3) is 0 Å². The second kappa shape index (κ2) is 7.04. The maximum atomic E-state index is 12.1. The number of aliphatic hydroxyl groups excluding tert-OH is 1. The van der Waals surface area contributed by atoms with Crippen molar-refractivity contribution in [2.75, 3.05) is 7.11 Å². The lowest BCUT2D eigenvalue weighted by Crippen LogP contribution is -2.04. The fraction of sp³-hybridized carbons (Fsp3) is 0.250. The monoisotopic (exact) mass is 294 g/mol. The lowest BCUT2D eigenvalue weighted by Gasteiger charge is -2.14. The van der Waals surface area contributed by atoms with E-state index in [1.54, 1.807) is 19.2 Å². The highest BCUT2D eigenvalue weighted by Crippen LogP contribution is 2.26. The number of ether oxygens (including phenoxy) is 2. The number of methoxy groups -OCH3 is 1. The van der Waals surface area contributed by atoms with Crippen LogP contribution in [0, 0.1) is 0 Å². The van der Waals surface area contributed by atoms with Crippen molar-refractivity contribution in [2.24, 2.45) is 0 Å². The van der Waals surface area contributed by atoms with Crippen LogP contribution < -0.4 is 9.47 Å². The lowest BCUT2D eigenvalue weighted by atomic mass is 10.0. The third-order valence-corrected chi connectivity index (χ3v) is 3.10. The molecule has 0 fully saturated rings. The summed E-state index contributed by atoms with van der Waals surface area (Å²) in [5.41, 5.74) is 1.50. The first-order chi connectivity index (χ1) is 10.1. The van der Waals surface area contributed by atoms with Crippen LogP contribution in [0.3, 0.4) is 0 Å². The molecule has 0 aromatic heterocycles. The molecule has 21 heavy (non-hydrogen) atoms. The molecule has 0 amide bonds. The SMILES string of the molecule is COc1ccccc1CC(O)c1ccc(OC(F)F)cc1. The average molecular weight is 294 g/mol. The minimum atomic E-state index is -2.85. The van der Waals surface area contributed by atoms with Gasteiger partial charge >= 0.3 is 6.61 Å². The van der Waals surface area contributed by atoms with Crippen LogP contribution in [0.15, 0.2) is 48.5 Å². The highest BCUT2D eigenvalue weighted by atomic mass is 19.3. The average Bonchev–Trinajstić information content (AvgIpc) is 2.48. The van der Waals surface area contributed by atoms with Gasteiger partial charge in [0.2, 0.25) is 0 Å². The number of alkyl halides is 2. The topological polar surface area (TPSA) is 38.7 Å². The molecule has 1 atom stereocenters. The van der Waals surface area contributed by atoms with Crippen LogP contribution in [0.2, 0.25) is 0 Å². The van der Waals surface area contributed by atoms with Crippen LogP contribution in [-0.2, 0) is 6.42 Å². The van der Waals surface area contributed by atoms with E-state index in [1.807, 2.05) is 24.3 Å². The zero-order valence-electron chi connectivity index (χ0n) is 11.5. The number of hydrogen-bond acceptors (Lipinski definition) is 3. The number of aliphatic hydroxyl groups is 1. The summed E-state index contributed by atoms with van der Waals surface area (Å²) < 4.78 is 33.6. The maximum Gasteiger partial charge on any atom is 0.387 e. The molecule has 0 aliphatic heterocycles. The molecule has 3 nitrogen and oxygen atoms in total. The van der Waals surface area contributed by atoms with Crippen LogP contribution in [-0.4, -0.2) is 18.8 Å². The molecule has 0 heterocycles. The van der Waals surface area contributed by atoms with E-state index < -0.39 is 12.7 Å². The lowest BCUT2D eigenvalue weighted by molar-refractivity contribution is -0.0498. The number of hydrogen-bond donors (Lipinski definition) is 1. The molecule has 2 rings (SSSR count). The summed E-state index contributed by atoms with van der Waals surface area (Å²) >= 11 is 0. The van der Waals surface area contributed by atoms with Gasteiger partial charge < -0.3 is 14.6 Å². The highest BCUT2D eigenvalue weighted by Gasteiger charge is 2.12. The smallest absolute Gasteiger partial charge is 0.387 e. The van der Waals surface area contributed by atoms with Crippen LogP contribution in [0.1, 0.15) is 17.2 Å². The Morgan fingerprint density at radius 1 is 1.05 bits per heavy atom. The molecule has 1 N–H and O–H groups in total. The molecule has 0 spiro atoms. The van der Waals surface area contributed by atoms with Gasteiger partial charge in [-0.1, -0.05) is 30.3 Å². The second-order valence-corrected chi connectivity index (χ2v) is 4.48. The van der Waals surface area contributed by atoms with Crippen molar-refractivity contribution >= 4 is 0 Å². The van der Waals surface area contributed by atoms with Crippen LogP contribution in [0.4, 0.5) is 8.78 Å². The molecular formula is C16H16F2O3. The van der Waals surface area contributed by atoms with Crippen molar-refractivity contribution in [2.45, 2.75) is 19.1 Å². The summed E-state index contributed by atoms with van der Waals surface area (Å²) in [7, 11) is 1.57. The van der Waals surface area contributed by atoms with Crippen molar-refractivity contribution < 1.29 is 23.4 Å². The largest absolute Gasteiger partial charge is 0.496 e. The van der Waals surface area contributed by atoms with Crippen molar-refractivity contribution in [1.29, 1.82) is 0 Å². The van der Waals surface area contributed by atoms with Gasteiger partial charge in [-0.2, -0.15) is 8.78 Å².